The smallest absolute Gasteiger partial charge is 0.164 e. The van der Waals surface area contributed by atoms with Crippen LogP contribution in [0.5, 0.6) is 11.5 Å². The van der Waals surface area contributed by atoms with E-state index in [1.54, 1.807) is 30.5 Å². The predicted octanol–water partition coefficient (Wildman–Crippen LogP) is 4.71. The number of aromatic amines is 1. The quantitative estimate of drug-likeness (QED) is 0.816. The van der Waals surface area contributed by atoms with Gasteiger partial charge in [-0.05, 0) is 18.2 Å². The zero-order valence-electron chi connectivity index (χ0n) is 8.91. The largest absolute Gasteiger partial charge is 0.453 e. The molecule has 0 radical (unpaired) electrons. The molecule has 0 aliphatic heterocycles. The highest BCUT2D eigenvalue weighted by atomic mass is 35.5. The van der Waals surface area contributed by atoms with Gasteiger partial charge in [-0.2, -0.15) is 5.26 Å². The summed E-state index contributed by atoms with van der Waals surface area (Å²) < 4.78 is 5.87. The summed E-state index contributed by atoms with van der Waals surface area (Å²) in [6, 6.07) is 8.58. The highest BCUT2D eigenvalue weighted by Gasteiger charge is 2.11. The highest BCUT2D eigenvalue weighted by Crippen LogP contribution is 2.36. The number of hydrogen-bond donors (Lipinski definition) is 1. The van der Waals surface area contributed by atoms with Crippen molar-refractivity contribution in [3.05, 3.63) is 50.7 Å². The third kappa shape index (κ3) is 2.49. The van der Waals surface area contributed by atoms with Crippen LogP contribution in [0.25, 0.3) is 0 Å². The van der Waals surface area contributed by atoms with Crippen LogP contribution in [0.15, 0.2) is 30.5 Å². The van der Waals surface area contributed by atoms with Gasteiger partial charge in [-0.3, -0.25) is 0 Å². The Kier molecular flexibility index (Phi) is 3.87. The van der Waals surface area contributed by atoms with Crippen molar-refractivity contribution in [2.45, 2.75) is 0 Å². The van der Waals surface area contributed by atoms with Gasteiger partial charge in [-0.15, -0.1) is 0 Å². The minimum Gasteiger partial charge on any atom is -0.453 e. The standard InChI is InChI=1S/C12H6Cl2N2OS/c13-8-2-1-3-9(14)11(8)17-10-4-5-16-12(18)7(10)6-15/h1-5H,(H,16,18). The molecule has 1 heterocycles. The number of pyridine rings is 1. The lowest BCUT2D eigenvalue weighted by atomic mass is 10.3. The first kappa shape index (κ1) is 12.9. The summed E-state index contributed by atoms with van der Waals surface area (Å²) in [6.45, 7) is 0. The number of aromatic nitrogens is 1. The summed E-state index contributed by atoms with van der Waals surface area (Å²) in [6.07, 6.45) is 1.59. The van der Waals surface area contributed by atoms with Gasteiger partial charge < -0.3 is 9.72 Å². The van der Waals surface area contributed by atoms with E-state index >= 15 is 0 Å². The van der Waals surface area contributed by atoms with Gasteiger partial charge >= 0.3 is 0 Å². The molecule has 0 fully saturated rings. The second kappa shape index (κ2) is 5.40. The fourth-order valence-electron chi connectivity index (χ4n) is 1.34. The lowest BCUT2D eigenvalue weighted by Gasteiger charge is -2.10. The summed E-state index contributed by atoms with van der Waals surface area (Å²) >= 11 is 17.0. The first-order valence-electron chi connectivity index (χ1n) is 4.87. The second-order valence-electron chi connectivity index (χ2n) is 3.31. The summed E-state index contributed by atoms with van der Waals surface area (Å²) in [7, 11) is 0. The highest BCUT2D eigenvalue weighted by molar-refractivity contribution is 7.71. The van der Waals surface area contributed by atoms with Gasteiger partial charge in [0.15, 0.2) is 5.75 Å². The van der Waals surface area contributed by atoms with Gasteiger partial charge in [0.05, 0.1) is 10.0 Å². The monoisotopic (exact) mass is 296 g/mol. The average molecular weight is 297 g/mol. The Bertz CT molecular complexity index is 671. The molecule has 0 aliphatic carbocycles. The average Bonchev–Trinajstić information content (AvgIpc) is 2.34. The zero-order valence-corrected chi connectivity index (χ0v) is 11.2. The van der Waals surface area contributed by atoms with Crippen LogP contribution in [0.3, 0.4) is 0 Å². The molecule has 90 valence electrons. The van der Waals surface area contributed by atoms with Crippen LogP contribution in [-0.2, 0) is 0 Å². The lowest BCUT2D eigenvalue weighted by molar-refractivity contribution is 0.480. The van der Waals surface area contributed by atoms with Gasteiger partial charge in [0.1, 0.15) is 22.0 Å². The van der Waals surface area contributed by atoms with E-state index in [1.165, 1.54) is 0 Å². The molecule has 0 saturated heterocycles. The molecule has 3 nitrogen and oxygen atoms in total. The second-order valence-corrected chi connectivity index (χ2v) is 4.53. The number of nitriles is 1. The minimum atomic E-state index is 0.239. The van der Waals surface area contributed by atoms with E-state index in [9.17, 15) is 0 Å². The lowest BCUT2D eigenvalue weighted by Crippen LogP contribution is -1.92. The van der Waals surface area contributed by atoms with E-state index in [2.05, 4.69) is 4.98 Å². The van der Waals surface area contributed by atoms with E-state index in [4.69, 9.17) is 45.4 Å². The Balaban J connectivity index is 2.51. The molecule has 0 amide bonds. The van der Waals surface area contributed by atoms with Crippen LogP contribution >= 0.6 is 35.4 Å². The molecule has 1 aromatic heterocycles. The van der Waals surface area contributed by atoms with Gasteiger partial charge in [-0.25, -0.2) is 0 Å². The molecule has 1 N–H and O–H groups in total. The third-order valence-electron chi connectivity index (χ3n) is 2.17. The van der Waals surface area contributed by atoms with E-state index in [0.29, 0.717) is 26.2 Å². The van der Waals surface area contributed by atoms with E-state index in [0.717, 1.165) is 0 Å². The fraction of sp³-hybridized carbons (Fsp3) is 0. The molecule has 2 rings (SSSR count). The molecule has 2 aromatic rings. The minimum absolute atomic E-state index is 0.239. The van der Waals surface area contributed by atoms with Crippen molar-refractivity contribution in [3.63, 3.8) is 0 Å². The maximum Gasteiger partial charge on any atom is 0.164 e. The number of hydrogen-bond acceptors (Lipinski definition) is 3. The molecule has 0 aliphatic rings. The third-order valence-corrected chi connectivity index (χ3v) is 3.08. The molecule has 18 heavy (non-hydrogen) atoms. The van der Waals surface area contributed by atoms with Crippen molar-refractivity contribution in [3.8, 4) is 17.6 Å². The molecule has 0 spiro atoms. The molecular formula is C12H6Cl2N2OS. The maximum atomic E-state index is 9.03. The Hall–Kier alpha value is -1.54. The van der Waals surface area contributed by atoms with E-state index in [-0.39, 0.29) is 5.56 Å². The number of halogens is 2. The van der Waals surface area contributed by atoms with Crippen LogP contribution in [0.1, 0.15) is 5.56 Å². The van der Waals surface area contributed by atoms with Crippen molar-refractivity contribution >= 4 is 35.4 Å². The van der Waals surface area contributed by atoms with Crippen LogP contribution in [0.2, 0.25) is 10.0 Å². The number of rotatable bonds is 2. The normalized spacial score (nSPS) is 9.83. The number of ether oxygens (including phenoxy) is 1. The molecule has 0 atom stereocenters. The van der Waals surface area contributed by atoms with Gasteiger partial charge in [0.2, 0.25) is 0 Å². The summed E-state index contributed by atoms with van der Waals surface area (Å²) in [5.74, 6) is 0.620. The molecule has 0 saturated carbocycles. The van der Waals surface area contributed by atoms with Gasteiger partial charge in [0.25, 0.3) is 0 Å². The SMILES string of the molecule is N#Cc1c(Oc2c(Cl)cccc2Cl)cc[nH]c1=S. The topological polar surface area (TPSA) is 48.8 Å². The van der Waals surface area contributed by atoms with Crippen LogP contribution in [0, 0.1) is 16.0 Å². The maximum absolute atomic E-state index is 9.03. The van der Waals surface area contributed by atoms with Gasteiger partial charge in [0, 0.05) is 6.20 Å². The Morgan fingerprint density at radius 1 is 1.22 bits per heavy atom. The summed E-state index contributed by atoms with van der Waals surface area (Å²) in [4.78, 5) is 2.75. The van der Waals surface area contributed by atoms with Crippen molar-refractivity contribution in [2.24, 2.45) is 0 Å². The number of benzene rings is 1. The summed E-state index contributed by atoms with van der Waals surface area (Å²) in [5.41, 5.74) is 0.239. The molecule has 0 unspecified atom stereocenters. The Labute approximate surface area is 119 Å². The van der Waals surface area contributed by atoms with E-state index < -0.39 is 0 Å². The molecule has 6 heteroatoms. The van der Waals surface area contributed by atoms with Gasteiger partial charge in [-0.1, -0.05) is 41.5 Å². The van der Waals surface area contributed by atoms with Crippen molar-refractivity contribution in [1.29, 1.82) is 5.26 Å². The summed E-state index contributed by atoms with van der Waals surface area (Å²) in [5, 5.41) is 9.76. The Morgan fingerprint density at radius 3 is 2.50 bits per heavy atom. The van der Waals surface area contributed by atoms with Crippen molar-refractivity contribution in [1.82, 2.24) is 4.98 Å². The predicted molar refractivity (Wildman–Crippen MR) is 72.9 cm³/mol. The number of nitrogens with one attached hydrogen (secondary N) is 1. The van der Waals surface area contributed by atoms with Crippen LogP contribution in [-0.4, -0.2) is 4.98 Å². The molecule has 1 aromatic carbocycles. The van der Waals surface area contributed by atoms with Crippen molar-refractivity contribution < 1.29 is 4.74 Å². The molecule has 0 bridgehead atoms. The van der Waals surface area contributed by atoms with E-state index in [1.807, 2.05) is 6.07 Å². The van der Waals surface area contributed by atoms with Crippen LogP contribution in [0.4, 0.5) is 0 Å². The first-order valence-corrected chi connectivity index (χ1v) is 6.03. The number of nitrogens with zero attached hydrogens (tertiary/aromatic N) is 1. The van der Waals surface area contributed by atoms with Crippen LogP contribution < -0.4 is 4.74 Å². The zero-order chi connectivity index (χ0) is 13.1. The fourth-order valence-corrected chi connectivity index (χ4v) is 2.03. The number of para-hydroxylation sites is 1. The molecular weight excluding hydrogens is 291 g/mol. The Morgan fingerprint density at radius 2 is 1.89 bits per heavy atom. The van der Waals surface area contributed by atoms with Crippen molar-refractivity contribution in [2.75, 3.05) is 0 Å². The first-order chi connectivity index (χ1) is 8.63. The number of H-pyrrole nitrogens is 1.